The number of aromatic hydroxyl groups is 1. The summed E-state index contributed by atoms with van der Waals surface area (Å²) in [4.78, 5) is 8.26. The predicted molar refractivity (Wildman–Crippen MR) is 53.9 cm³/mol. The fourth-order valence-electron chi connectivity index (χ4n) is 1.23. The summed E-state index contributed by atoms with van der Waals surface area (Å²) in [7, 11) is 0. The number of hydrogen-bond acceptors (Lipinski definition) is 3. The van der Waals surface area contributed by atoms with Crippen molar-refractivity contribution in [3.8, 4) is 17.0 Å². The van der Waals surface area contributed by atoms with Crippen LogP contribution in [0, 0.1) is 6.92 Å². The van der Waals surface area contributed by atoms with Crippen LogP contribution in [0.4, 0.5) is 0 Å². The quantitative estimate of drug-likeness (QED) is 0.742. The summed E-state index contributed by atoms with van der Waals surface area (Å²) in [5, 5.41) is 9.31. The molecule has 3 heteroatoms. The van der Waals surface area contributed by atoms with Crippen LogP contribution in [0.15, 0.2) is 36.7 Å². The van der Waals surface area contributed by atoms with E-state index in [0.29, 0.717) is 5.69 Å². The third-order valence-corrected chi connectivity index (χ3v) is 2.02. The highest BCUT2D eigenvalue weighted by Gasteiger charge is 2.01. The normalized spacial score (nSPS) is 10.1. The summed E-state index contributed by atoms with van der Waals surface area (Å²) in [6, 6.07) is 7.22. The molecular formula is C11H10N2O. The van der Waals surface area contributed by atoms with E-state index in [2.05, 4.69) is 9.97 Å². The molecule has 2 heterocycles. The second kappa shape index (κ2) is 3.46. The fourth-order valence-corrected chi connectivity index (χ4v) is 1.23. The van der Waals surface area contributed by atoms with Gasteiger partial charge in [0.1, 0.15) is 5.75 Å². The van der Waals surface area contributed by atoms with E-state index < -0.39 is 0 Å². The van der Waals surface area contributed by atoms with E-state index >= 15 is 0 Å². The Labute approximate surface area is 82.1 Å². The van der Waals surface area contributed by atoms with Crippen molar-refractivity contribution in [3.05, 3.63) is 42.4 Å². The van der Waals surface area contributed by atoms with Gasteiger partial charge in [-0.15, -0.1) is 0 Å². The van der Waals surface area contributed by atoms with Gasteiger partial charge in [0, 0.05) is 18.0 Å². The monoisotopic (exact) mass is 186 g/mol. The van der Waals surface area contributed by atoms with Crippen molar-refractivity contribution in [2.24, 2.45) is 0 Å². The first-order chi connectivity index (χ1) is 6.77. The second-order valence-electron chi connectivity index (χ2n) is 3.04. The first-order valence-electron chi connectivity index (χ1n) is 4.34. The Bertz CT molecular complexity index is 440. The predicted octanol–water partition coefficient (Wildman–Crippen LogP) is 2.16. The third kappa shape index (κ3) is 1.57. The van der Waals surface area contributed by atoms with Crippen LogP contribution in [-0.4, -0.2) is 15.1 Å². The van der Waals surface area contributed by atoms with Gasteiger partial charge in [-0.2, -0.15) is 0 Å². The maximum absolute atomic E-state index is 9.31. The van der Waals surface area contributed by atoms with Gasteiger partial charge in [-0.25, -0.2) is 4.98 Å². The standard InChI is InChI=1S/C11H10N2O/c1-8-11(14)5-4-10(13-8)9-3-2-6-12-7-9/h2-7,14H,1H3. The summed E-state index contributed by atoms with van der Waals surface area (Å²) < 4.78 is 0. The Morgan fingerprint density at radius 3 is 2.71 bits per heavy atom. The topological polar surface area (TPSA) is 46.0 Å². The molecule has 14 heavy (non-hydrogen) atoms. The third-order valence-electron chi connectivity index (χ3n) is 2.02. The van der Waals surface area contributed by atoms with Crippen LogP contribution >= 0.6 is 0 Å². The molecule has 0 aliphatic carbocycles. The Morgan fingerprint density at radius 1 is 1.21 bits per heavy atom. The van der Waals surface area contributed by atoms with Crippen molar-refractivity contribution in [2.75, 3.05) is 0 Å². The summed E-state index contributed by atoms with van der Waals surface area (Å²) in [5.74, 6) is 0.220. The van der Waals surface area contributed by atoms with Gasteiger partial charge in [0.05, 0.1) is 11.4 Å². The van der Waals surface area contributed by atoms with Gasteiger partial charge in [0.2, 0.25) is 0 Å². The van der Waals surface area contributed by atoms with Crippen LogP contribution in [0.25, 0.3) is 11.3 Å². The van der Waals surface area contributed by atoms with Crippen molar-refractivity contribution in [1.29, 1.82) is 0 Å². The van der Waals surface area contributed by atoms with E-state index in [1.54, 1.807) is 31.5 Å². The molecule has 0 unspecified atom stereocenters. The van der Waals surface area contributed by atoms with E-state index in [1.165, 1.54) is 0 Å². The van der Waals surface area contributed by atoms with Crippen LogP contribution in [0.1, 0.15) is 5.69 Å². The van der Waals surface area contributed by atoms with Crippen LogP contribution < -0.4 is 0 Å². The number of rotatable bonds is 1. The molecule has 1 N–H and O–H groups in total. The van der Waals surface area contributed by atoms with Crippen molar-refractivity contribution in [1.82, 2.24) is 9.97 Å². The van der Waals surface area contributed by atoms with Crippen molar-refractivity contribution < 1.29 is 5.11 Å². The maximum Gasteiger partial charge on any atom is 0.136 e. The molecule has 3 nitrogen and oxygen atoms in total. The highest BCUT2D eigenvalue weighted by Crippen LogP contribution is 2.20. The Balaban J connectivity index is 2.48. The van der Waals surface area contributed by atoms with Crippen molar-refractivity contribution in [2.45, 2.75) is 6.92 Å². The molecule has 0 aliphatic heterocycles. The van der Waals surface area contributed by atoms with E-state index in [-0.39, 0.29) is 5.75 Å². The average molecular weight is 186 g/mol. The molecule has 2 rings (SSSR count). The van der Waals surface area contributed by atoms with E-state index in [9.17, 15) is 5.11 Å². The average Bonchev–Trinajstić information content (AvgIpc) is 2.23. The minimum atomic E-state index is 0.220. The molecule has 2 aromatic rings. The van der Waals surface area contributed by atoms with Gasteiger partial charge in [-0.3, -0.25) is 4.98 Å². The lowest BCUT2D eigenvalue weighted by molar-refractivity contribution is 0.468. The molecule has 0 bridgehead atoms. The highest BCUT2D eigenvalue weighted by molar-refractivity contribution is 5.58. The lowest BCUT2D eigenvalue weighted by Gasteiger charge is -2.02. The molecule has 0 spiro atoms. The maximum atomic E-state index is 9.31. The van der Waals surface area contributed by atoms with Gasteiger partial charge < -0.3 is 5.11 Å². The highest BCUT2D eigenvalue weighted by atomic mass is 16.3. The van der Waals surface area contributed by atoms with Gasteiger partial charge >= 0.3 is 0 Å². The minimum absolute atomic E-state index is 0.220. The smallest absolute Gasteiger partial charge is 0.136 e. The first kappa shape index (κ1) is 8.69. The zero-order valence-corrected chi connectivity index (χ0v) is 7.81. The fraction of sp³-hybridized carbons (Fsp3) is 0.0909. The SMILES string of the molecule is Cc1nc(-c2cccnc2)ccc1O. The van der Waals surface area contributed by atoms with E-state index in [1.807, 2.05) is 12.1 Å². The van der Waals surface area contributed by atoms with Crippen LogP contribution in [0.5, 0.6) is 5.75 Å². The van der Waals surface area contributed by atoms with Crippen LogP contribution in [-0.2, 0) is 0 Å². The summed E-state index contributed by atoms with van der Waals surface area (Å²) in [6.45, 7) is 1.77. The molecule has 0 saturated carbocycles. The molecular weight excluding hydrogens is 176 g/mol. The first-order valence-corrected chi connectivity index (χ1v) is 4.34. The molecule has 0 radical (unpaired) electrons. The number of aryl methyl sites for hydroxylation is 1. The zero-order valence-electron chi connectivity index (χ0n) is 7.81. The Kier molecular flexibility index (Phi) is 2.14. The largest absolute Gasteiger partial charge is 0.506 e. The summed E-state index contributed by atoms with van der Waals surface area (Å²) >= 11 is 0. The number of aromatic nitrogens is 2. The molecule has 70 valence electrons. The van der Waals surface area contributed by atoms with E-state index in [0.717, 1.165) is 11.3 Å². The Hall–Kier alpha value is -1.90. The molecule has 0 aromatic carbocycles. The van der Waals surface area contributed by atoms with Gasteiger partial charge in [0.15, 0.2) is 0 Å². The molecule has 0 saturated heterocycles. The van der Waals surface area contributed by atoms with Gasteiger partial charge in [-0.1, -0.05) is 0 Å². The van der Waals surface area contributed by atoms with Crippen molar-refractivity contribution in [3.63, 3.8) is 0 Å². The lowest BCUT2D eigenvalue weighted by atomic mass is 10.2. The lowest BCUT2D eigenvalue weighted by Crippen LogP contribution is -1.87. The zero-order chi connectivity index (χ0) is 9.97. The number of hydrogen-bond donors (Lipinski definition) is 1. The molecule has 0 aliphatic rings. The number of nitrogens with zero attached hydrogens (tertiary/aromatic N) is 2. The van der Waals surface area contributed by atoms with Gasteiger partial charge in [0.25, 0.3) is 0 Å². The summed E-state index contributed by atoms with van der Waals surface area (Å²) in [5.41, 5.74) is 2.41. The van der Waals surface area contributed by atoms with Crippen molar-refractivity contribution >= 4 is 0 Å². The number of pyridine rings is 2. The Morgan fingerprint density at radius 2 is 2.07 bits per heavy atom. The van der Waals surface area contributed by atoms with Gasteiger partial charge in [-0.05, 0) is 31.2 Å². The second-order valence-corrected chi connectivity index (χ2v) is 3.04. The molecule has 0 amide bonds. The molecule has 0 fully saturated rings. The van der Waals surface area contributed by atoms with Crippen LogP contribution in [0.3, 0.4) is 0 Å². The molecule has 0 atom stereocenters. The summed E-state index contributed by atoms with van der Waals surface area (Å²) in [6.07, 6.45) is 3.47. The minimum Gasteiger partial charge on any atom is -0.506 e. The van der Waals surface area contributed by atoms with Crippen LogP contribution in [0.2, 0.25) is 0 Å². The van der Waals surface area contributed by atoms with E-state index in [4.69, 9.17) is 0 Å². The molecule has 2 aromatic heterocycles.